The Balaban J connectivity index is 1.42. The van der Waals surface area contributed by atoms with Crippen molar-refractivity contribution in [2.75, 3.05) is 0 Å². The summed E-state index contributed by atoms with van der Waals surface area (Å²) in [4.78, 5) is 33.9. The predicted molar refractivity (Wildman–Crippen MR) is 90.1 cm³/mol. The number of amides is 1. The monoisotopic (exact) mass is 343 g/mol. The van der Waals surface area contributed by atoms with Gasteiger partial charge < -0.3 is 5.32 Å². The van der Waals surface area contributed by atoms with E-state index in [0.29, 0.717) is 23.2 Å². The molecule has 1 aliphatic rings. The average molecular weight is 343 g/mol. The number of fused-ring (bicyclic) bond motifs is 1. The van der Waals surface area contributed by atoms with Gasteiger partial charge in [-0.3, -0.25) is 14.7 Å². The van der Waals surface area contributed by atoms with Crippen molar-refractivity contribution in [1.82, 2.24) is 24.9 Å². The van der Waals surface area contributed by atoms with Crippen LogP contribution in [0.15, 0.2) is 22.3 Å². The average Bonchev–Trinajstić information content (AvgIpc) is 3.03. The third-order valence-electron chi connectivity index (χ3n) is 4.30. The second-order valence-electron chi connectivity index (χ2n) is 6.18. The zero-order valence-corrected chi connectivity index (χ0v) is 14.2. The van der Waals surface area contributed by atoms with Crippen molar-refractivity contribution in [3.63, 3.8) is 0 Å². The molecule has 124 valence electrons. The summed E-state index contributed by atoms with van der Waals surface area (Å²) in [6.45, 7) is 4.09. The van der Waals surface area contributed by atoms with Crippen LogP contribution in [0.3, 0.4) is 0 Å². The molecule has 2 N–H and O–H groups in total. The lowest BCUT2D eigenvalue weighted by Crippen LogP contribution is -2.25. The van der Waals surface area contributed by atoms with E-state index in [1.807, 2.05) is 0 Å². The van der Waals surface area contributed by atoms with Crippen molar-refractivity contribution >= 4 is 23.0 Å². The molecule has 0 spiro atoms. The standard InChI is InChI=1S/C16H17N5O2S/c1-8-3-4-24-14(8)10-6-11(10)15(23)17-7-12-19-16-18-9(2)5-13(22)21(16)20-12/h3-5,10-11H,6-7H2,1-2H3,(H,17,23)(H,18,19,20)/t10-,11-/m1/s1. The highest BCUT2D eigenvalue weighted by Crippen LogP contribution is 2.50. The normalized spacial score (nSPS) is 19.6. The van der Waals surface area contributed by atoms with Crippen molar-refractivity contribution in [1.29, 1.82) is 0 Å². The number of aromatic nitrogens is 4. The SMILES string of the molecule is Cc1cc(=O)n2[nH]c(CNC(=O)[C@@H]3C[C@H]3c3sccc3C)nc2n1. The second kappa shape index (κ2) is 5.55. The fourth-order valence-electron chi connectivity index (χ4n) is 2.96. The summed E-state index contributed by atoms with van der Waals surface area (Å²) in [6, 6.07) is 3.53. The molecule has 4 rings (SSSR count). The van der Waals surface area contributed by atoms with Crippen LogP contribution in [-0.4, -0.2) is 25.5 Å². The van der Waals surface area contributed by atoms with Crippen LogP contribution in [0.4, 0.5) is 0 Å². The number of hydrogen-bond donors (Lipinski definition) is 2. The number of aryl methyl sites for hydroxylation is 2. The van der Waals surface area contributed by atoms with Gasteiger partial charge in [-0.2, -0.15) is 9.50 Å². The number of nitrogens with zero attached hydrogens (tertiary/aromatic N) is 3. The summed E-state index contributed by atoms with van der Waals surface area (Å²) in [5.41, 5.74) is 1.67. The number of aromatic amines is 1. The van der Waals surface area contributed by atoms with Crippen LogP contribution in [-0.2, 0) is 11.3 Å². The molecule has 3 aromatic rings. The molecular weight excluding hydrogens is 326 g/mol. The molecule has 0 bridgehead atoms. The fraction of sp³-hybridized carbons (Fsp3) is 0.375. The molecule has 3 aromatic heterocycles. The molecule has 1 aliphatic carbocycles. The first-order valence-corrected chi connectivity index (χ1v) is 8.68. The van der Waals surface area contributed by atoms with Crippen molar-refractivity contribution in [3.05, 3.63) is 49.8 Å². The maximum atomic E-state index is 12.3. The molecule has 1 amide bonds. The Morgan fingerprint density at radius 1 is 1.46 bits per heavy atom. The van der Waals surface area contributed by atoms with E-state index < -0.39 is 0 Å². The van der Waals surface area contributed by atoms with Gasteiger partial charge in [0.1, 0.15) is 5.82 Å². The van der Waals surface area contributed by atoms with Crippen LogP contribution < -0.4 is 10.9 Å². The largest absolute Gasteiger partial charge is 0.349 e. The number of carbonyl (C=O) groups excluding carboxylic acids is 1. The van der Waals surface area contributed by atoms with Gasteiger partial charge >= 0.3 is 0 Å². The molecule has 8 heteroatoms. The van der Waals surface area contributed by atoms with Crippen molar-refractivity contribution in [3.8, 4) is 0 Å². The minimum absolute atomic E-state index is 0.0322. The molecule has 3 heterocycles. The van der Waals surface area contributed by atoms with E-state index >= 15 is 0 Å². The van der Waals surface area contributed by atoms with Gasteiger partial charge in [-0.25, -0.2) is 4.98 Å². The third-order valence-corrected chi connectivity index (χ3v) is 5.45. The lowest BCUT2D eigenvalue weighted by atomic mass is 10.2. The smallest absolute Gasteiger partial charge is 0.274 e. The number of carbonyl (C=O) groups is 1. The van der Waals surface area contributed by atoms with Gasteiger partial charge in [-0.15, -0.1) is 11.3 Å². The number of rotatable bonds is 4. The predicted octanol–water partition coefficient (Wildman–Crippen LogP) is 1.52. The Morgan fingerprint density at radius 2 is 2.29 bits per heavy atom. The molecule has 7 nitrogen and oxygen atoms in total. The first kappa shape index (κ1) is 15.1. The van der Waals surface area contributed by atoms with Crippen LogP contribution in [0, 0.1) is 19.8 Å². The molecule has 0 aliphatic heterocycles. The van der Waals surface area contributed by atoms with E-state index in [0.717, 1.165) is 6.42 Å². The lowest BCUT2D eigenvalue weighted by Gasteiger charge is -2.02. The zero-order valence-electron chi connectivity index (χ0n) is 13.4. The molecule has 0 aromatic carbocycles. The summed E-state index contributed by atoms with van der Waals surface area (Å²) >= 11 is 1.72. The quantitative estimate of drug-likeness (QED) is 0.751. The molecule has 2 atom stereocenters. The molecule has 0 unspecified atom stereocenters. The summed E-state index contributed by atoms with van der Waals surface area (Å²) < 4.78 is 1.28. The molecule has 0 radical (unpaired) electrons. The molecule has 1 fully saturated rings. The van der Waals surface area contributed by atoms with Crippen LogP contribution in [0.1, 0.15) is 34.3 Å². The van der Waals surface area contributed by atoms with Gasteiger partial charge in [-0.05, 0) is 37.3 Å². The minimum Gasteiger partial charge on any atom is -0.349 e. The first-order valence-electron chi connectivity index (χ1n) is 7.80. The van der Waals surface area contributed by atoms with Crippen molar-refractivity contribution in [2.24, 2.45) is 5.92 Å². The van der Waals surface area contributed by atoms with Crippen LogP contribution >= 0.6 is 11.3 Å². The third kappa shape index (κ3) is 2.62. The Morgan fingerprint density at radius 3 is 3.04 bits per heavy atom. The number of nitrogens with one attached hydrogen (secondary N) is 2. The zero-order chi connectivity index (χ0) is 16.8. The highest BCUT2D eigenvalue weighted by Gasteiger charge is 2.45. The molecule has 24 heavy (non-hydrogen) atoms. The summed E-state index contributed by atoms with van der Waals surface area (Å²) in [5.74, 6) is 1.25. The number of thiophene rings is 1. The summed E-state index contributed by atoms with van der Waals surface area (Å²) in [7, 11) is 0. The van der Waals surface area contributed by atoms with E-state index in [4.69, 9.17) is 0 Å². The van der Waals surface area contributed by atoms with Crippen molar-refractivity contribution < 1.29 is 4.79 Å². The van der Waals surface area contributed by atoms with Crippen LogP contribution in [0.25, 0.3) is 5.78 Å². The number of hydrogen-bond acceptors (Lipinski definition) is 5. The Hall–Kier alpha value is -2.48. The maximum Gasteiger partial charge on any atom is 0.274 e. The topological polar surface area (TPSA) is 92.2 Å². The number of H-pyrrole nitrogens is 1. The fourth-order valence-corrected chi connectivity index (χ4v) is 4.06. The summed E-state index contributed by atoms with van der Waals surface area (Å²) in [6.07, 6.45) is 0.896. The Labute approximate surface area is 141 Å². The molecule has 0 saturated heterocycles. The van der Waals surface area contributed by atoms with E-state index in [1.165, 1.54) is 21.0 Å². The van der Waals surface area contributed by atoms with Crippen LogP contribution in [0.5, 0.6) is 0 Å². The van der Waals surface area contributed by atoms with Gasteiger partial charge in [0.05, 0.1) is 6.54 Å². The maximum absolute atomic E-state index is 12.3. The van der Waals surface area contributed by atoms with E-state index in [9.17, 15) is 9.59 Å². The Bertz CT molecular complexity index is 986. The van der Waals surface area contributed by atoms with E-state index in [2.05, 4.69) is 38.8 Å². The highest BCUT2D eigenvalue weighted by atomic mass is 32.1. The molecule has 1 saturated carbocycles. The van der Waals surface area contributed by atoms with Gasteiger partial charge in [-0.1, -0.05) is 0 Å². The van der Waals surface area contributed by atoms with Crippen molar-refractivity contribution in [2.45, 2.75) is 32.7 Å². The minimum atomic E-state index is -0.210. The van der Waals surface area contributed by atoms with Gasteiger partial charge in [0.15, 0.2) is 0 Å². The van der Waals surface area contributed by atoms with Gasteiger partial charge in [0, 0.05) is 28.5 Å². The summed E-state index contributed by atoms with van der Waals surface area (Å²) in [5, 5.41) is 7.84. The Kier molecular flexibility index (Phi) is 3.49. The van der Waals surface area contributed by atoms with Gasteiger partial charge in [0.25, 0.3) is 11.3 Å². The van der Waals surface area contributed by atoms with E-state index in [1.54, 1.807) is 18.3 Å². The van der Waals surface area contributed by atoms with Gasteiger partial charge in [0.2, 0.25) is 5.91 Å². The second-order valence-corrected chi connectivity index (χ2v) is 7.12. The van der Waals surface area contributed by atoms with E-state index in [-0.39, 0.29) is 23.9 Å². The van der Waals surface area contributed by atoms with Crippen LogP contribution in [0.2, 0.25) is 0 Å². The lowest BCUT2D eigenvalue weighted by molar-refractivity contribution is -0.122. The first-order chi connectivity index (χ1) is 11.5. The highest BCUT2D eigenvalue weighted by molar-refractivity contribution is 7.10. The molecular formula is C16H17N5O2S.